The SMILES string of the molecule is Cc1cc(C(=O)N(C)Cc2ccoc2C)sc1C#CCO. The van der Waals surface area contributed by atoms with Crippen molar-refractivity contribution in [3.63, 3.8) is 0 Å². The summed E-state index contributed by atoms with van der Waals surface area (Å²) < 4.78 is 5.24. The Bertz CT molecular complexity index is 703. The average Bonchev–Trinajstić information content (AvgIpc) is 3.02. The van der Waals surface area contributed by atoms with E-state index in [1.807, 2.05) is 26.0 Å². The Labute approximate surface area is 128 Å². The van der Waals surface area contributed by atoms with Crippen LogP contribution < -0.4 is 0 Å². The number of hydrogen-bond donors (Lipinski definition) is 1. The van der Waals surface area contributed by atoms with Crippen molar-refractivity contribution in [1.82, 2.24) is 4.90 Å². The van der Waals surface area contributed by atoms with Crippen LogP contribution in [0.5, 0.6) is 0 Å². The lowest BCUT2D eigenvalue weighted by atomic mass is 10.2. The number of hydrogen-bond acceptors (Lipinski definition) is 4. The van der Waals surface area contributed by atoms with Gasteiger partial charge in [-0.05, 0) is 31.5 Å². The van der Waals surface area contributed by atoms with Gasteiger partial charge in [0.25, 0.3) is 5.91 Å². The maximum atomic E-state index is 12.4. The van der Waals surface area contributed by atoms with Gasteiger partial charge in [0.05, 0.1) is 16.0 Å². The molecule has 0 fully saturated rings. The summed E-state index contributed by atoms with van der Waals surface area (Å²) in [5.41, 5.74) is 1.96. The number of furan rings is 1. The number of aliphatic hydroxyl groups is 1. The third kappa shape index (κ3) is 3.54. The molecular formula is C16H17NO3S. The Kier molecular flexibility index (Phi) is 4.84. The second kappa shape index (κ2) is 6.61. The second-order valence-electron chi connectivity index (χ2n) is 4.75. The molecule has 0 spiro atoms. The van der Waals surface area contributed by atoms with Crippen LogP contribution in [0.15, 0.2) is 22.8 Å². The largest absolute Gasteiger partial charge is 0.469 e. The van der Waals surface area contributed by atoms with E-state index in [-0.39, 0.29) is 12.5 Å². The highest BCUT2D eigenvalue weighted by molar-refractivity contribution is 7.14. The third-order valence-corrected chi connectivity index (χ3v) is 4.27. The standard InChI is InChI=1S/C16H17NO3S/c1-11-9-15(21-14(11)5-4-7-18)16(19)17(3)10-13-6-8-20-12(13)2/h6,8-9,18H,7,10H2,1-3H3. The monoisotopic (exact) mass is 303 g/mol. The fourth-order valence-corrected chi connectivity index (χ4v) is 2.96. The van der Waals surface area contributed by atoms with Crippen molar-refractivity contribution >= 4 is 17.2 Å². The van der Waals surface area contributed by atoms with Gasteiger partial charge in [-0.3, -0.25) is 4.79 Å². The van der Waals surface area contributed by atoms with Gasteiger partial charge < -0.3 is 14.4 Å². The van der Waals surface area contributed by atoms with E-state index in [1.54, 1.807) is 18.2 Å². The molecule has 5 heteroatoms. The van der Waals surface area contributed by atoms with Gasteiger partial charge in [-0.1, -0.05) is 11.8 Å². The van der Waals surface area contributed by atoms with Crippen LogP contribution >= 0.6 is 11.3 Å². The normalized spacial score (nSPS) is 10.1. The van der Waals surface area contributed by atoms with Crippen LogP contribution in [0.1, 0.15) is 31.4 Å². The molecule has 4 nitrogen and oxygen atoms in total. The van der Waals surface area contributed by atoms with Gasteiger partial charge >= 0.3 is 0 Å². The van der Waals surface area contributed by atoms with Crippen molar-refractivity contribution in [2.45, 2.75) is 20.4 Å². The molecule has 2 aromatic rings. The van der Waals surface area contributed by atoms with Crippen molar-refractivity contribution in [1.29, 1.82) is 0 Å². The summed E-state index contributed by atoms with van der Waals surface area (Å²) in [7, 11) is 1.77. The number of thiophene rings is 1. The summed E-state index contributed by atoms with van der Waals surface area (Å²) in [6.45, 7) is 4.12. The summed E-state index contributed by atoms with van der Waals surface area (Å²) >= 11 is 1.35. The van der Waals surface area contributed by atoms with Crippen molar-refractivity contribution in [3.05, 3.63) is 45.0 Å². The molecular weight excluding hydrogens is 286 g/mol. The predicted molar refractivity (Wildman–Crippen MR) is 82.3 cm³/mol. The molecule has 0 saturated carbocycles. The first kappa shape index (κ1) is 15.4. The number of amides is 1. The first-order chi connectivity index (χ1) is 10.0. The number of carbonyl (C=O) groups excluding carboxylic acids is 1. The molecule has 2 heterocycles. The lowest BCUT2D eigenvalue weighted by Crippen LogP contribution is -2.25. The smallest absolute Gasteiger partial charge is 0.264 e. The first-order valence-corrected chi connectivity index (χ1v) is 7.33. The van der Waals surface area contributed by atoms with Crippen LogP contribution in [0.3, 0.4) is 0 Å². The lowest BCUT2D eigenvalue weighted by Gasteiger charge is -2.15. The minimum Gasteiger partial charge on any atom is -0.469 e. The fraction of sp³-hybridized carbons (Fsp3) is 0.312. The highest BCUT2D eigenvalue weighted by Gasteiger charge is 2.17. The molecule has 110 valence electrons. The van der Waals surface area contributed by atoms with Gasteiger partial charge in [0.15, 0.2) is 0 Å². The molecule has 0 saturated heterocycles. The molecule has 21 heavy (non-hydrogen) atoms. The van der Waals surface area contributed by atoms with Crippen LogP contribution in [0, 0.1) is 25.7 Å². The molecule has 0 unspecified atom stereocenters. The van der Waals surface area contributed by atoms with Gasteiger partial charge in [0.1, 0.15) is 12.4 Å². The van der Waals surface area contributed by atoms with E-state index >= 15 is 0 Å². The van der Waals surface area contributed by atoms with Crippen molar-refractivity contribution < 1.29 is 14.3 Å². The van der Waals surface area contributed by atoms with E-state index in [0.29, 0.717) is 11.4 Å². The van der Waals surface area contributed by atoms with Gasteiger partial charge in [-0.2, -0.15) is 0 Å². The minimum atomic E-state index is -0.180. The molecule has 0 aliphatic heterocycles. The summed E-state index contributed by atoms with van der Waals surface area (Å²) in [6.07, 6.45) is 1.63. The lowest BCUT2D eigenvalue weighted by molar-refractivity contribution is 0.0789. The van der Waals surface area contributed by atoms with Crippen LogP contribution in [0.25, 0.3) is 0 Å². The van der Waals surface area contributed by atoms with Crippen LogP contribution in [-0.2, 0) is 6.54 Å². The molecule has 2 rings (SSSR count). The Morgan fingerprint density at radius 1 is 1.48 bits per heavy atom. The van der Waals surface area contributed by atoms with Crippen LogP contribution in [0.4, 0.5) is 0 Å². The molecule has 0 radical (unpaired) electrons. The van der Waals surface area contributed by atoms with E-state index in [1.165, 1.54) is 11.3 Å². The Hall–Kier alpha value is -2.03. The quantitative estimate of drug-likeness (QED) is 0.887. The number of rotatable bonds is 3. The molecule has 1 amide bonds. The van der Waals surface area contributed by atoms with Crippen LogP contribution in [-0.4, -0.2) is 29.6 Å². The minimum absolute atomic E-state index is 0.0410. The van der Waals surface area contributed by atoms with E-state index in [4.69, 9.17) is 9.52 Å². The Morgan fingerprint density at radius 2 is 2.24 bits per heavy atom. The number of aliphatic hydroxyl groups excluding tert-OH is 1. The van der Waals surface area contributed by atoms with Crippen LogP contribution in [0.2, 0.25) is 0 Å². The van der Waals surface area contributed by atoms with Gasteiger partial charge in [-0.25, -0.2) is 0 Å². The summed E-state index contributed by atoms with van der Waals surface area (Å²) in [6, 6.07) is 3.71. The molecule has 1 N–H and O–H groups in total. The van der Waals surface area contributed by atoms with E-state index in [0.717, 1.165) is 21.8 Å². The highest BCUT2D eigenvalue weighted by Crippen LogP contribution is 2.23. The zero-order valence-corrected chi connectivity index (χ0v) is 13.1. The van der Waals surface area contributed by atoms with Crippen molar-refractivity contribution in [2.75, 3.05) is 13.7 Å². The van der Waals surface area contributed by atoms with Crippen molar-refractivity contribution in [2.24, 2.45) is 0 Å². The second-order valence-corrected chi connectivity index (χ2v) is 5.80. The van der Waals surface area contributed by atoms with Gasteiger partial charge in [-0.15, -0.1) is 11.3 Å². The van der Waals surface area contributed by atoms with Gasteiger partial charge in [0, 0.05) is 19.2 Å². The summed E-state index contributed by atoms with van der Waals surface area (Å²) in [4.78, 5) is 15.6. The van der Waals surface area contributed by atoms with E-state index in [2.05, 4.69) is 11.8 Å². The summed E-state index contributed by atoms with van der Waals surface area (Å²) in [5.74, 6) is 6.26. The van der Waals surface area contributed by atoms with Gasteiger partial charge in [0.2, 0.25) is 0 Å². The Balaban J connectivity index is 2.14. The molecule has 0 bridgehead atoms. The average molecular weight is 303 g/mol. The van der Waals surface area contributed by atoms with E-state index < -0.39 is 0 Å². The number of nitrogens with zero attached hydrogens (tertiary/aromatic N) is 1. The predicted octanol–water partition coefficient (Wildman–Crippen LogP) is 2.57. The molecule has 0 aliphatic rings. The summed E-state index contributed by atoms with van der Waals surface area (Å²) in [5, 5.41) is 8.74. The zero-order valence-electron chi connectivity index (χ0n) is 12.3. The fourth-order valence-electron chi connectivity index (χ4n) is 1.92. The highest BCUT2D eigenvalue weighted by atomic mass is 32.1. The Morgan fingerprint density at radius 3 is 2.86 bits per heavy atom. The molecule has 2 aromatic heterocycles. The van der Waals surface area contributed by atoms with Crippen molar-refractivity contribution in [3.8, 4) is 11.8 Å². The molecule has 0 aliphatic carbocycles. The number of aryl methyl sites for hydroxylation is 2. The van der Waals surface area contributed by atoms with E-state index in [9.17, 15) is 4.79 Å². The topological polar surface area (TPSA) is 53.7 Å². The maximum Gasteiger partial charge on any atom is 0.264 e. The first-order valence-electron chi connectivity index (χ1n) is 6.51. The maximum absolute atomic E-state index is 12.4. The molecule has 0 aromatic carbocycles. The number of carbonyl (C=O) groups is 1. The zero-order chi connectivity index (χ0) is 15.4. The molecule has 0 atom stereocenters. The third-order valence-electron chi connectivity index (χ3n) is 3.13.